The van der Waals surface area contributed by atoms with Crippen molar-refractivity contribution in [1.29, 1.82) is 0 Å². The number of amides is 4. The van der Waals surface area contributed by atoms with E-state index in [1.165, 1.54) is 7.11 Å². The van der Waals surface area contributed by atoms with Crippen LogP contribution in [0.4, 0.5) is 11.4 Å². The molecule has 4 amide bonds. The number of nitrogens with one attached hydrogen (secondary N) is 4. The Morgan fingerprint density at radius 3 is 1.53 bits per heavy atom. The topological polar surface area (TPSA) is 166 Å². The summed E-state index contributed by atoms with van der Waals surface area (Å²) in [5.41, 5.74) is 0.490. The summed E-state index contributed by atoms with van der Waals surface area (Å²) in [5.74, 6) is -3.87. The lowest BCUT2D eigenvalue weighted by atomic mass is 9.86. The fourth-order valence-electron chi connectivity index (χ4n) is 2.33. The Balaban J connectivity index is 3.29. The van der Waals surface area contributed by atoms with E-state index in [4.69, 9.17) is 14.9 Å². The van der Waals surface area contributed by atoms with Crippen LogP contribution in [0.5, 0.6) is 5.75 Å². The Kier molecular flexibility index (Phi) is 9.21. The molecule has 0 unspecified atom stereocenters. The summed E-state index contributed by atoms with van der Waals surface area (Å²) >= 11 is 0. The molecule has 0 aliphatic heterocycles. The second kappa shape index (κ2) is 11.1. The molecule has 1 rings (SSSR count). The van der Waals surface area contributed by atoms with Crippen LogP contribution in [0.3, 0.4) is 0 Å². The highest BCUT2D eigenvalue weighted by Gasteiger charge is 2.24. The molecule has 11 nitrogen and oxygen atoms in total. The Labute approximate surface area is 174 Å². The molecular formula is C19H28N4O7. The lowest BCUT2D eigenvalue weighted by Crippen LogP contribution is -2.37. The summed E-state index contributed by atoms with van der Waals surface area (Å²) in [6.45, 7) is 4.87. The Hall–Kier alpha value is -3.18. The van der Waals surface area contributed by atoms with Crippen LogP contribution in [0.1, 0.15) is 26.3 Å². The fraction of sp³-hybridized carbons (Fsp3) is 0.474. The van der Waals surface area contributed by atoms with Gasteiger partial charge in [0.25, 0.3) is 0 Å². The summed E-state index contributed by atoms with van der Waals surface area (Å²) in [7, 11) is 1.30. The minimum absolute atomic E-state index is 0.0367. The number of rotatable bonds is 7. The Morgan fingerprint density at radius 1 is 0.833 bits per heavy atom. The smallest absolute Gasteiger partial charge is 0.313 e. The van der Waals surface area contributed by atoms with Gasteiger partial charge < -0.3 is 36.2 Å². The average molecular weight is 424 g/mol. The van der Waals surface area contributed by atoms with Crippen molar-refractivity contribution in [2.75, 3.05) is 44.0 Å². The summed E-state index contributed by atoms with van der Waals surface area (Å²) in [5, 5.41) is 26.8. The summed E-state index contributed by atoms with van der Waals surface area (Å²) in [4.78, 5) is 48.0. The maximum absolute atomic E-state index is 12.2. The van der Waals surface area contributed by atoms with Gasteiger partial charge in [0.05, 0.1) is 31.7 Å². The third-order valence-corrected chi connectivity index (χ3v) is 3.86. The highest BCUT2D eigenvalue weighted by Crippen LogP contribution is 2.38. The molecule has 0 aliphatic carbocycles. The van der Waals surface area contributed by atoms with Crippen LogP contribution in [0.15, 0.2) is 12.1 Å². The van der Waals surface area contributed by atoms with Gasteiger partial charge >= 0.3 is 23.6 Å². The molecule has 30 heavy (non-hydrogen) atoms. The lowest BCUT2D eigenvalue weighted by molar-refractivity contribution is -0.136. The van der Waals surface area contributed by atoms with Gasteiger partial charge in [0.1, 0.15) is 0 Å². The molecule has 6 N–H and O–H groups in total. The van der Waals surface area contributed by atoms with Gasteiger partial charge in [-0.15, -0.1) is 0 Å². The van der Waals surface area contributed by atoms with Crippen LogP contribution in [-0.4, -0.2) is 67.3 Å². The monoisotopic (exact) mass is 424 g/mol. The molecule has 0 saturated carbocycles. The highest BCUT2D eigenvalue weighted by molar-refractivity contribution is 6.40. The molecule has 1 aromatic carbocycles. The predicted molar refractivity (Wildman–Crippen MR) is 109 cm³/mol. The third kappa shape index (κ3) is 7.01. The van der Waals surface area contributed by atoms with Gasteiger partial charge in [-0.3, -0.25) is 19.2 Å². The largest absolute Gasteiger partial charge is 0.492 e. The van der Waals surface area contributed by atoms with Crippen molar-refractivity contribution in [3.05, 3.63) is 17.7 Å². The van der Waals surface area contributed by atoms with Crippen LogP contribution in [-0.2, 0) is 24.6 Å². The van der Waals surface area contributed by atoms with E-state index in [9.17, 15) is 19.2 Å². The van der Waals surface area contributed by atoms with Gasteiger partial charge in [-0.1, -0.05) is 20.8 Å². The van der Waals surface area contributed by atoms with Crippen LogP contribution in [0.2, 0.25) is 0 Å². The quantitative estimate of drug-likeness (QED) is 0.308. The molecule has 0 radical (unpaired) electrons. The van der Waals surface area contributed by atoms with E-state index in [1.54, 1.807) is 12.1 Å². The molecule has 0 atom stereocenters. The van der Waals surface area contributed by atoms with E-state index in [2.05, 4.69) is 21.3 Å². The van der Waals surface area contributed by atoms with Crippen molar-refractivity contribution >= 4 is 35.0 Å². The van der Waals surface area contributed by atoms with Crippen molar-refractivity contribution in [1.82, 2.24) is 10.6 Å². The van der Waals surface area contributed by atoms with Crippen LogP contribution < -0.4 is 26.0 Å². The van der Waals surface area contributed by atoms with Crippen molar-refractivity contribution in [2.24, 2.45) is 0 Å². The number of methoxy groups -OCH3 is 1. The second-order valence-corrected chi connectivity index (χ2v) is 7.22. The molecule has 1 aromatic rings. The summed E-state index contributed by atoms with van der Waals surface area (Å²) in [6.07, 6.45) is 0. The maximum Gasteiger partial charge on any atom is 0.313 e. The van der Waals surface area contributed by atoms with Gasteiger partial charge in [-0.25, -0.2) is 0 Å². The normalized spacial score (nSPS) is 10.7. The number of aliphatic hydroxyl groups excluding tert-OH is 2. The first-order valence-corrected chi connectivity index (χ1v) is 9.17. The zero-order chi connectivity index (χ0) is 22.9. The fourth-order valence-corrected chi connectivity index (χ4v) is 2.33. The molecule has 11 heteroatoms. The molecule has 0 aromatic heterocycles. The van der Waals surface area contributed by atoms with E-state index in [0.717, 1.165) is 0 Å². The van der Waals surface area contributed by atoms with E-state index >= 15 is 0 Å². The Morgan fingerprint density at radius 2 is 1.23 bits per heavy atom. The summed E-state index contributed by atoms with van der Waals surface area (Å²) in [6, 6.07) is 3.19. The van der Waals surface area contributed by atoms with E-state index in [1.807, 2.05) is 20.8 Å². The molecule has 0 fully saturated rings. The first-order valence-electron chi connectivity index (χ1n) is 9.17. The highest BCUT2D eigenvalue weighted by atomic mass is 16.5. The number of carbonyl (C=O) groups excluding carboxylic acids is 4. The number of ether oxygens (including phenoxy) is 1. The van der Waals surface area contributed by atoms with E-state index in [-0.39, 0.29) is 43.4 Å². The third-order valence-electron chi connectivity index (χ3n) is 3.86. The average Bonchev–Trinajstić information content (AvgIpc) is 2.68. The molecule has 0 saturated heterocycles. The first kappa shape index (κ1) is 24.9. The van der Waals surface area contributed by atoms with Gasteiger partial charge in [0, 0.05) is 13.1 Å². The molecule has 166 valence electrons. The van der Waals surface area contributed by atoms with Crippen molar-refractivity contribution in [2.45, 2.75) is 26.2 Å². The molecule has 0 heterocycles. The molecule has 0 spiro atoms. The number of anilines is 2. The molecule has 0 bridgehead atoms. The van der Waals surface area contributed by atoms with Crippen molar-refractivity contribution in [3.63, 3.8) is 0 Å². The lowest BCUT2D eigenvalue weighted by Gasteiger charge is -2.23. The number of benzene rings is 1. The second-order valence-electron chi connectivity index (χ2n) is 7.22. The summed E-state index contributed by atoms with van der Waals surface area (Å²) < 4.78 is 5.29. The van der Waals surface area contributed by atoms with Crippen LogP contribution in [0, 0.1) is 0 Å². The maximum atomic E-state index is 12.2. The van der Waals surface area contributed by atoms with Crippen molar-refractivity contribution in [3.8, 4) is 5.75 Å². The number of hydrogen-bond donors (Lipinski definition) is 6. The van der Waals surface area contributed by atoms with Gasteiger partial charge in [0.2, 0.25) is 0 Å². The van der Waals surface area contributed by atoms with E-state index < -0.39 is 29.0 Å². The standard InChI is InChI=1S/C19H28N4O7/c1-19(2,3)11-9-12(22-17(28)15(26)20-5-7-24)14(30-4)13(10-11)23-18(29)16(27)21-6-8-25/h9-10,24-25H,5-8H2,1-4H3,(H,20,26)(H,21,27)(H,22,28)(H,23,29). The minimum atomic E-state index is -0.995. The van der Waals surface area contributed by atoms with Crippen LogP contribution in [0.25, 0.3) is 0 Å². The SMILES string of the molecule is COc1c(NC(=O)C(=O)NCCO)cc(C(C)(C)C)cc1NC(=O)C(=O)NCCO. The van der Waals surface area contributed by atoms with Crippen molar-refractivity contribution < 1.29 is 34.1 Å². The van der Waals surface area contributed by atoms with E-state index in [0.29, 0.717) is 5.56 Å². The van der Waals surface area contributed by atoms with Gasteiger partial charge in [0.15, 0.2) is 5.75 Å². The minimum Gasteiger partial charge on any atom is -0.492 e. The molecular weight excluding hydrogens is 396 g/mol. The molecule has 0 aliphatic rings. The number of hydrogen-bond acceptors (Lipinski definition) is 7. The predicted octanol–water partition coefficient (Wildman–Crippen LogP) is -0.913. The zero-order valence-corrected chi connectivity index (χ0v) is 17.4. The Bertz CT molecular complexity index is 748. The van der Waals surface area contributed by atoms with Gasteiger partial charge in [-0.2, -0.15) is 0 Å². The van der Waals surface area contributed by atoms with Crippen LogP contribution >= 0.6 is 0 Å². The number of carbonyl (C=O) groups is 4. The first-order chi connectivity index (χ1) is 14.0. The zero-order valence-electron chi connectivity index (χ0n) is 17.4. The number of aliphatic hydroxyl groups is 2. The van der Waals surface area contributed by atoms with Gasteiger partial charge in [-0.05, 0) is 23.1 Å².